The van der Waals surface area contributed by atoms with Gasteiger partial charge in [0, 0.05) is 31.1 Å². The highest BCUT2D eigenvalue weighted by Crippen LogP contribution is 2.22. The minimum Gasteiger partial charge on any atom is -0.439 e. The fourth-order valence-corrected chi connectivity index (χ4v) is 1.85. The molecule has 0 spiro atoms. The van der Waals surface area contributed by atoms with E-state index in [1.165, 1.54) is 13.3 Å². The molecular weight excluding hydrogens is 282 g/mol. The topological polar surface area (TPSA) is 81.9 Å². The first-order valence-electron chi connectivity index (χ1n) is 6.56. The fraction of sp³-hybridized carbons (Fsp3) is 0.0667. The van der Waals surface area contributed by atoms with Gasteiger partial charge in [-0.2, -0.15) is 0 Å². The summed E-state index contributed by atoms with van der Waals surface area (Å²) in [5.41, 5.74) is 0.710. The first-order valence-corrected chi connectivity index (χ1v) is 6.56. The molecule has 7 nitrogen and oxygen atoms in total. The summed E-state index contributed by atoms with van der Waals surface area (Å²) in [6.45, 7) is 1.46. The van der Waals surface area contributed by atoms with Crippen molar-refractivity contribution in [2.75, 3.05) is 5.32 Å². The van der Waals surface area contributed by atoms with Gasteiger partial charge in [-0.25, -0.2) is 15.0 Å². The van der Waals surface area contributed by atoms with Crippen LogP contribution < -0.4 is 10.1 Å². The van der Waals surface area contributed by atoms with Crippen LogP contribution in [-0.2, 0) is 4.79 Å². The van der Waals surface area contributed by atoms with Gasteiger partial charge in [-0.05, 0) is 24.3 Å². The quantitative estimate of drug-likeness (QED) is 0.799. The summed E-state index contributed by atoms with van der Waals surface area (Å²) >= 11 is 0. The lowest BCUT2D eigenvalue weighted by molar-refractivity contribution is -0.114. The molecule has 0 saturated heterocycles. The van der Waals surface area contributed by atoms with Crippen LogP contribution in [0.4, 0.5) is 5.69 Å². The van der Waals surface area contributed by atoms with E-state index in [4.69, 9.17) is 4.74 Å². The molecule has 0 aliphatic carbocycles. The number of aromatic nitrogens is 4. The van der Waals surface area contributed by atoms with E-state index in [-0.39, 0.29) is 5.91 Å². The molecule has 22 heavy (non-hydrogen) atoms. The lowest BCUT2D eigenvalue weighted by atomic mass is 10.3. The molecule has 3 aromatic rings. The summed E-state index contributed by atoms with van der Waals surface area (Å²) in [6, 6.07) is 8.74. The highest BCUT2D eigenvalue weighted by Gasteiger charge is 2.04. The number of benzene rings is 1. The second kappa shape index (κ2) is 6.04. The van der Waals surface area contributed by atoms with Crippen molar-refractivity contribution in [1.82, 2.24) is 19.5 Å². The normalized spacial score (nSPS) is 10.2. The van der Waals surface area contributed by atoms with Crippen LogP contribution in [0.3, 0.4) is 0 Å². The molecule has 2 aromatic heterocycles. The first kappa shape index (κ1) is 13.7. The summed E-state index contributed by atoms with van der Waals surface area (Å²) in [7, 11) is 0. The molecule has 1 amide bonds. The standard InChI is InChI=1S/C15H13N5O2/c1-11(21)19-12-2-4-13(5-3-12)22-15-8-14(17-9-18-15)20-7-6-16-10-20/h2-10H,1H3,(H,19,21). The molecular formula is C15H13N5O2. The van der Waals surface area contributed by atoms with E-state index in [9.17, 15) is 4.79 Å². The van der Waals surface area contributed by atoms with Gasteiger partial charge in [-0.3, -0.25) is 9.36 Å². The average molecular weight is 295 g/mol. The summed E-state index contributed by atoms with van der Waals surface area (Å²) in [6.07, 6.45) is 6.53. The molecule has 0 atom stereocenters. The summed E-state index contributed by atoms with van der Waals surface area (Å²) in [5.74, 6) is 1.59. The Bertz CT molecular complexity index is 769. The van der Waals surface area contributed by atoms with E-state index in [1.54, 1.807) is 53.6 Å². The lowest BCUT2D eigenvalue weighted by Gasteiger charge is -2.07. The smallest absolute Gasteiger partial charge is 0.224 e. The highest BCUT2D eigenvalue weighted by atomic mass is 16.5. The van der Waals surface area contributed by atoms with Crippen LogP contribution in [0.2, 0.25) is 0 Å². The van der Waals surface area contributed by atoms with Crippen LogP contribution in [0.25, 0.3) is 5.82 Å². The predicted octanol–water partition coefficient (Wildman–Crippen LogP) is 2.41. The van der Waals surface area contributed by atoms with Crippen LogP contribution in [0.1, 0.15) is 6.92 Å². The number of nitrogens with zero attached hydrogens (tertiary/aromatic N) is 4. The van der Waals surface area contributed by atoms with E-state index in [1.807, 2.05) is 0 Å². The Morgan fingerprint density at radius 2 is 2.05 bits per heavy atom. The summed E-state index contributed by atoms with van der Waals surface area (Å²) in [4.78, 5) is 23.2. The Hall–Kier alpha value is -3.22. The largest absolute Gasteiger partial charge is 0.439 e. The zero-order chi connectivity index (χ0) is 15.4. The lowest BCUT2D eigenvalue weighted by Crippen LogP contribution is -2.05. The van der Waals surface area contributed by atoms with Crippen LogP contribution in [-0.4, -0.2) is 25.4 Å². The van der Waals surface area contributed by atoms with Crippen molar-refractivity contribution in [2.24, 2.45) is 0 Å². The number of ether oxygens (including phenoxy) is 1. The zero-order valence-electron chi connectivity index (χ0n) is 11.8. The number of carbonyl (C=O) groups is 1. The van der Waals surface area contributed by atoms with Crippen LogP contribution in [0, 0.1) is 0 Å². The van der Waals surface area contributed by atoms with E-state index < -0.39 is 0 Å². The zero-order valence-corrected chi connectivity index (χ0v) is 11.8. The van der Waals surface area contributed by atoms with Crippen molar-refractivity contribution in [1.29, 1.82) is 0 Å². The number of hydrogen-bond donors (Lipinski definition) is 1. The monoisotopic (exact) mass is 295 g/mol. The second-order valence-electron chi connectivity index (χ2n) is 4.49. The summed E-state index contributed by atoms with van der Waals surface area (Å²) < 4.78 is 7.44. The van der Waals surface area contributed by atoms with Crippen molar-refractivity contribution >= 4 is 11.6 Å². The molecule has 0 bridgehead atoms. The first-order chi connectivity index (χ1) is 10.7. The third-order valence-electron chi connectivity index (χ3n) is 2.79. The molecule has 1 N–H and O–H groups in total. The van der Waals surface area contributed by atoms with Crippen molar-refractivity contribution < 1.29 is 9.53 Å². The van der Waals surface area contributed by atoms with Crippen LogP contribution in [0.15, 0.2) is 55.4 Å². The number of amides is 1. The SMILES string of the molecule is CC(=O)Nc1ccc(Oc2cc(-n3ccnc3)ncn2)cc1. The molecule has 2 heterocycles. The van der Waals surface area contributed by atoms with Crippen molar-refractivity contribution in [3.8, 4) is 17.4 Å². The molecule has 0 radical (unpaired) electrons. The number of hydrogen-bond acceptors (Lipinski definition) is 5. The Morgan fingerprint density at radius 1 is 1.23 bits per heavy atom. The van der Waals surface area contributed by atoms with Gasteiger partial charge in [0.1, 0.15) is 24.2 Å². The van der Waals surface area contributed by atoms with E-state index >= 15 is 0 Å². The van der Waals surface area contributed by atoms with Gasteiger partial charge < -0.3 is 10.1 Å². The average Bonchev–Trinajstić information content (AvgIpc) is 3.03. The molecule has 0 unspecified atom stereocenters. The minimum atomic E-state index is -0.116. The third kappa shape index (κ3) is 3.26. The minimum absolute atomic E-state index is 0.116. The maximum absolute atomic E-state index is 11.0. The Kier molecular flexibility index (Phi) is 3.78. The van der Waals surface area contributed by atoms with E-state index in [0.717, 1.165) is 0 Å². The fourth-order valence-electron chi connectivity index (χ4n) is 1.85. The predicted molar refractivity (Wildman–Crippen MR) is 80.0 cm³/mol. The van der Waals surface area contributed by atoms with Gasteiger partial charge in [0.15, 0.2) is 0 Å². The molecule has 1 aromatic carbocycles. The van der Waals surface area contributed by atoms with Gasteiger partial charge in [-0.1, -0.05) is 0 Å². The van der Waals surface area contributed by atoms with Crippen molar-refractivity contribution in [3.63, 3.8) is 0 Å². The van der Waals surface area contributed by atoms with Gasteiger partial charge in [0.25, 0.3) is 0 Å². The molecule has 3 rings (SSSR count). The Balaban J connectivity index is 1.76. The highest BCUT2D eigenvalue weighted by molar-refractivity contribution is 5.88. The molecule has 0 saturated carbocycles. The molecule has 110 valence electrons. The number of nitrogens with one attached hydrogen (secondary N) is 1. The van der Waals surface area contributed by atoms with E-state index in [2.05, 4.69) is 20.3 Å². The van der Waals surface area contributed by atoms with Gasteiger partial charge in [0.05, 0.1) is 0 Å². The molecule has 7 heteroatoms. The van der Waals surface area contributed by atoms with Gasteiger partial charge in [-0.15, -0.1) is 0 Å². The Morgan fingerprint density at radius 3 is 2.73 bits per heavy atom. The number of anilines is 1. The van der Waals surface area contributed by atoms with E-state index in [0.29, 0.717) is 23.1 Å². The second-order valence-corrected chi connectivity index (χ2v) is 4.49. The van der Waals surface area contributed by atoms with Crippen LogP contribution in [0.5, 0.6) is 11.6 Å². The van der Waals surface area contributed by atoms with Crippen LogP contribution >= 0.6 is 0 Å². The third-order valence-corrected chi connectivity index (χ3v) is 2.79. The number of rotatable bonds is 4. The van der Waals surface area contributed by atoms with Crippen molar-refractivity contribution in [3.05, 3.63) is 55.4 Å². The Labute approximate surface area is 126 Å². The van der Waals surface area contributed by atoms with Gasteiger partial charge >= 0.3 is 0 Å². The van der Waals surface area contributed by atoms with Gasteiger partial charge in [0.2, 0.25) is 11.8 Å². The van der Waals surface area contributed by atoms with Crippen molar-refractivity contribution in [2.45, 2.75) is 6.92 Å². The summed E-state index contributed by atoms with van der Waals surface area (Å²) in [5, 5.41) is 2.69. The number of imidazole rings is 1. The maximum atomic E-state index is 11.0. The number of carbonyl (C=O) groups excluding carboxylic acids is 1. The molecule has 0 fully saturated rings. The maximum Gasteiger partial charge on any atom is 0.224 e. The molecule has 0 aliphatic rings. The molecule has 0 aliphatic heterocycles.